The molecule has 2 rings (SSSR count). The maximum atomic E-state index is 3.31. The molecular weight excluding hydrogens is 160 g/mol. The molecule has 2 aliphatic rings. The van der Waals surface area contributed by atoms with Gasteiger partial charge in [0.1, 0.15) is 0 Å². The monoisotopic (exact) mass is 180 g/mol. The van der Waals surface area contributed by atoms with Gasteiger partial charge in [-0.15, -0.1) is 0 Å². The van der Waals surface area contributed by atoms with Crippen LogP contribution in [0.1, 0.15) is 20.8 Å². The number of nitrogens with one attached hydrogen (secondary N) is 2. The average molecular weight is 180 g/mol. The second-order valence-corrected chi connectivity index (χ2v) is 4.14. The molecule has 0 aromatic carbocycles. The zero-order chi connectivity index (χ0) is 9.68. The summed E-state index contributed by atoms with van der Waals surface area (Å²) in [4.78, 5) is 0. The van der Waals surface area contributed by atoms with Crippen LogP contribution in [0.25, 0.3) is 0 Å². The Morgan fingerprint density at radius 2 is 1.38 bits per heavy atom. The molecule has 1 fully saturated rings. The molecule has 1 aliphatic heterocycles. The summed E-state index contributed by atoms with van der Waals surface area (Å²) in [5.74, 6) is 0.833. The number of hydrogen-bond acceptors (Lipinski definition) is 2. The fourth-order valence-corrected chi connectivity index (χ4v) is 1.29. The van der Waals surface area contributed by atoms with Crippen molar-refractivity contribution in [1.29, 1.82) is 0 Å². The topological polar surface area (TPSA) is 24.1 Å². The molecule has 1 heterocycles. The van der Waals surface area contributed by atoms with E-state index in [4.69, 9.17) is 0 Å². The first kappa shape index (κ1) is 10.5. The Labute approximate surface area is 81.1 Å². The largest absolute Gasteiger partial charge is 0.296 e. The molecule has 13 heavy (non-hydrogen) atoms. The zero-order valence-corrected chi connectivity index (χ0v) is 8.75. The van der Waals surface area contributed by atoms with E-state index in [1.165, 1.54) is 0 Å². The van der Waals surface area contributed by atoms with Gasteiger partial charge in [0.2, 0.25) is 0 Å². The van der Waals surface area contributed by atoms with Gasteiger partial charge in [0.05, 0.1) is 0 Å². The van der Waals surface area contributed by atoms with Crippen molar-refractivity contribution in [2.45, 2.75) is 32.9 Å². The fraction of sp³-hybridized carbons (Fsp3) is 0.636. The minimum atomic E-state index is 0.537. The van der Waals surface area contributed by atoms with Crippen LogP contribution in [0.2, 0.25) is 0 Å². The number of fused-ring (bicyclic) bond motifs is 1. The molecule has 0 amide bonds. The van der Waals surface area contributed by atoms with Gasteiger partial charge in [0.15, 0.2) is 0 Å². The Morgan fingerprint density at radius 3 is 1.77 bits per heavy atom. The molecule has 0 bridgehead atoms. The molecule has 2 heteroatoms. The van der Waals surface area contributed by atoms with Gasteiger partial charge >= 0.3 is 0 Å². The van der Waals surface area contributed by atoms with Crippen LogP contribution >= 0.6 is 0 Å². The van der Waals surface area contributed by atoms with Crippen molar-refractivity contribution >= 4 is 0 Å². The highest BCUT2D eigenvalue weighted by atomic mass is 15.2. The summed E-state index contributed by atoms with van der Waals surface area (Å²) in [6, 6.07) is 1.07. The highest BCUT2D eigenvalue weighted by Gasteiger charge is 2.21. The minimum absolute atomic E-state index is 0.537. The lowest BCUT2D eigenvalue weighted by atomic mass is 10.1. The van der Waals surface area contributed by atoms with Crippen LogP contribution in [0.15, 0.2) is 24.3 Å². The molecule has 74 valence electrons. The van der Waals surface area contributed by atoms with Crippen molar-refractivity contribution in [3.05, 3.63) is 24.3 Å². The van der Waals surface area contributed by atoms with Gasteiger partial charge in [0.25, 0.3) is 0 Å². The molecule has 0 aromatic heterocycles. The molecule has 0 spiro atoms. The summed E-state index contributed by atoms with van der Waals surface area (Å²) < 4.78 is 0. The van der Waals surface area contributed by atoms with E-state index in [0.29, 0.717) is 12.1 Å². The molecule has 1 aliphatic carbocycles. The van der Waals surface area contributed by atoms with Gasteiger partial charge in [0, 0.05) is 18.8 Å². The van der Waals surface area contributed by atoms with Crippen LogP contribution in [0, 0.1) is 5.92 Å². The molecule has 0 radical (unpaired) electrons. The molecule has 0 saturated carbocycles. The Morgan fingerprint density at radius 1 is 1.00 bits per heavy atom. The first-order valence-corrected chi connectivity index (χ1v) is 5.02. The summed E-state index contributed by atoms with van der Waals surface area (Å²) >= 11 is 0. The molecular formula is C11H20N2. The van der Waals surface area contributed by atoms with Crippen molar-refractivity contribution in [2.24, 2.45) is 5.92 Å². The molecule has 2 unspecified atom stereocenters. The van der Waals surface area contributed by atoms with E-state index in [-0.39, 0.29) is 0 Å². The standard InChI is InChI=1S/C7H10N2.C4H10/c1-2-4-7-6(3-1)8-5-9-7;1-4(2)3/h1-4,6-9H,5H2;4H,1-3H3. The highest BCUT2D eigenvalue weighted by molar-refractivity contribution is 5.21. The van der Waals surface area contributed by atoms with Gasteiger partial charge < -0.3 is 0 Å². The first-order valence-electron chi connectivity index (χ1n) is 5.02. The van der Waals surface area contributed by atoms with Crippen molar-refractivity contribution < 1.29 is 0 Å². The highest BCUT2D eigenvalue weighted by Crippen LogP contribution is 2.07. The molecule has 1 saturated heterocycles. The predicted molar refractivity (Wildman–Crippen MR) is 57.5 cm³/mol. The SMILES string of the molecule is C1=CC2NCNC2C=C1.CC(C)C. The summed E-state index contributed by atoms with van der Waals surface area (Å²) in [5, 5.41) is 6.62. The van der Waals surface area contributed by atoms with Crippen LogP contribution in [-0.2, 0) is 0 Å². The Kier molecular flexibility index (Phi) is 4.19. The van der Waals surface area contributed by atoms with Crippen molar-refractivity contribution in [3.8, 4) is 0 Å². The van der Waals surface area contributed by atoms with E-state index in [1.54, 1.807) is 0 Å². The second kappa shape index (κ2) is 5.20. The van der Waals surface area contributed by atoms with Crippen LogP contribution in [-0.4, -0.2) is 18.8 Å². The Bertz CT molecular complexity index is 174. The van der Waals surface area contributed by atoms with Gasteiger partial charge in [-0.1, -0.05) is 45.1 Å². The zero-order valence-electron chi connectivity index (χ0n) is 8.75. The molecule has 2 nitrogen and oxygen atoms in total. The first-order chi connectivity index (χ1) is 6.20. The maximum Gasteiger partial charge on any atom is 0.0464 e. The van der Waals surface area contributed by atoms with E-state index in [0.717, 1.165) is 12.6 Å². The van der Waals surface area contributed by atoms with E-state index < -0.39 is 0 Å². The normalized spacial score (nSPS) is 29.8. The lowest BCUT2D eigenvalue weighted by Gasteiger charge is -2.13. The van der Waals surface area contributed by atoms with Crippen LogP contribution in [0.3, 0.4) is 0 Å². The van der Waals surface area contributed by atoms with Crippen molar-refractivity contribution in [2.75, 3.05) is 6.67 Å². The van der Waals surface area contributed by atoms with Crippen LogP contribution in [0.4, 0.5) is 0 Å². The summed E-state index contributed by atoms with van der Waals surface area (Å²) in [7, 11) is 0. The minimum Gasteiger partial charge on any atom is -0.296 e. The second-order valence-electron chi connectivity index (χ2n) is 4.14. The smallest absolute Gasteiger partial charge is 0.0464 e. The third kappa shape index (κ3) is 3.75. The van der Waals surface area contributed by atoms with Gasteiger partial charge in [-0.3, -0.25) is 10.6 Å². The quantitative estimate of drug-likeness (QED) is 0.592. The maximum absolute atomic E-state index is 3.31. The van der Waals surface area contributed by atoms with E-state index >= 15 is 0 Å². The number of rotatable bonds is 0. The van der Waals surface area contributed by atoms with Gasteiger partial charge in [-0.05, 0) is 5.92 Å². The molecule has 0 aromatic rings. The Hall–Kier alpha value is -0.600. The van der Waals surface area contributed by atoms with Crippen molar-refractivity contribution in [1.82, 2.24) is 10.6 Å². The Balaban J connectivity index is 0.000000184. The fourth-order valence-electron chi connectivity index (χ4n) is 1.29. The summed E-state index contributed by atoms with van der Waals surface area (Å²) in [6.45, 7) is 7.43. The van der Waals surface area contributed by atoms with Crippen LogP contribution < -0.4 is 10.6 Å². The molecule has 2 N–H and O–H groups in total. The third-order valence-corrected chi connectivity index (χ3v) is 1.81. The number of hydrogen-bond donors (Lipinski definition) is 2. The number of allylic oxidation sites excluding steroid dienone is 2. The predicted octanol–water partition coefficient (Wildman–Crippen LogP) is 1.66. The molecule has 2 atom stereocenters. The van der Waals surface area contributed by atoms with Crippen molar-refractivity contribution in [3.63, 3.8) is 0 Å². The van der Waals surface area contributed by atoms with Gasteiger partial charge in [-0.25, -0.2) is 0 Å². The average Bonchev–Trinajstić information content (AvgIpc) is 2.49. The van der Waals surface area contributed by atoms with E-state index in [9.17, 15) is 0 Å². The lowest BCUT2D eigenvalue weighted by Crippen LogP contribution is -2.30. The van der Waals surface area contributed by atoms with E-state index in [1.807, 2.05) is 0 Å². The van der Waals surface area contributed by atoms with Gasteiger partial charge in [-0.2, -0.15) is 0 Å². The summed E-state index contributed by atoms with van der Waals surface area (Å²) in [6.07, 6.45) is 8.54. The van der Waals surface area contributed by atoms with E-state index in [2.05, 4.69) is 55.7 Å². The summed E-state index contributed by atoms with van der Waals surface area (Å²) in [5.41, 5.74) is 0. The lowest BCUT2D eigenvalue weighted by molar-refractivity contribution is 0.675. The van der Waals surface area contributed by atoms with Crippen LogP contribution in [0.5, 0.6) is 0 Å². The third-order valence-electron chi connectivity index (χ3n) is 1.81.